The first kappa shape index (κ1) is 10.3. The van der Waals surface area contributed by atoms with Gasteiger partial charge in [-0.25, -0.2) is 0 Å². The lowest BCUT2D eigenvalue weighted by atomic mass is 9.78. The molecule has 13 heavy (non-hydrogen) atoms. The van der Waals surface area contributed by atoms with E-state index in [-0.39, 0.29) is 25.7 Å². The van der Waals surface area contributed by atoms with E-state index in [0.29, 0.717) is 0 Å². The number of nitrogens with two attached hydrogens (primary N) is 1. The predicted molar refractivity (Wildman–Crippen MR) is 40.5 cm³/mol. The minimum atomic E-state index is -4.13. The van der Waals surface area contributed by atoms with Gasteiger partial charge in [-0.2, -0.15) is 18.4 Å². The van der Waals surface area contributed by atoms with Gasteiger partial charge in [0.05, 0.1) is 12.0 Å². The second-order valence-electron chi connectivity index (χ2n) is 3.58. The summed E-state index contributed by atoms with van der Waals surface area (Å²) in [6.07, 6.45) is -3.88. The number of nitriles is 1. The molecule has 0 aromatic rings. The average Bonchev–Trinajstić information content (AvgIpc) is 2.04. The van der Waals surface area contributed by atoms with E-state index >= 15 is 0 Å². The minimum Gasteiger partial charge on any atom is -0.313 e. The van der Waals surface area contributed by atoms with E-state index in [2.05, 4.69) is 0 Å². The van der Waals surface area contributed by atoms with Crippen molar-refractivity contribution >= 4 is 0 Å². The van der Waals surface area contributed by atoms with E-state index in [1.807, 2.05) is 6.07 Å². The Labute approximate surface area is 74.5 Å². The summed E-state index contributed by atoms with van der Waals surface area (Å²) in [5.74, 6) is -1.27. The molecule has 2 N–H and O–H groups in total. The Hall–Kier alpha value is -0.760. The van der Waals surface area contributed by atoms with Crippen LogP contribution in [0.4, 0.5) is 13.2 Å². The molecule has 1 aliphatic carbocycles. The summed E-state index contributed by atoms with van der Waals surface area (Å²) in [5.41, 5.74) is 4.51. The van der Waals surface area contributed by atoms with Crippen LogP contribution < -0.4 is 5.73 Å². The lowest BCUT2D eigenvalue weighted by Crippen LogP contribution is -2.44. The van der Waals surface area contributed by atoms with Crippen molar-refractivity contribution in [2.24, 2.45) is 11.7 Å². The topological polar surface area (TPSA) is 49.8 Å². The second kappa shape index (κ2) is 3.18. The molecule has 0 saturated heterocycles. The molecule has 0 unspecified atom stereocenters. The van der Waals surface area contributed by atoms with Crippen molar-refractivity contribution in [3.63, 3.8) is 0 Å². The van der Waals surface area contributed by atoms with Gasteiger partial charge < -0.3 is 5.73 Å². The third-order valence-corrected chi connectivity index (χ3v) is 2.56. The molecule has 1 aliphatic rings. The molecule has 0 bridgehead atoms. The molecule has 0 aromatic heterocycles. The molecule has 0 spiro atoms. The van der Waals surface area contributed by atoms with Gasteiger partial charge in [-0.15, -0.1) is 0 Å². The molecule has 5 heteroatoms. The fourth-order valence-electron chi connectivity index (χ4n) is 1.57. The third kappa shape index (κ3) is 2.34. The van der Waals surface area contributed by atoms with Crippen LogP contribution in [0.25, 0.3) is 0 Å². The Kier molecular flexibility index (Phi) is 2.53. The van der Waals surface area contributed by atoms with Crippen LogP contribution in [0.15, 0.2) is 0 Å². The summed E-state index contributed by atoms with van der Waals surface area (Å²) >= 11 is 0. The highest BCUT2D eigenvalue weighted by Gasteiger charge is 2.44. The van der Waals surface area contributed by atoms with E-state index in [4.69, 9.17) is 11.0 Å². The second-order valence-corrected chi connectivity index (χ2v) is 3.58. The summed E-state index contributed by atoms with van der Waals surface area (Å²) in [4.78, 5) is 0. The van der Waals surface area contributed by atoms with E-state index in [1.54, 1.807) is 0 Å². The molecule has 0 radical (unpaired) electrons. The fraction of sp³-hybridized carbons (Fsp3) is 0.875. The Bertz CT molecular complexity index is 221. The summed E-state index contributed by atoms with van der Waals surface area (Å²) in [6.45, 7) is 0. The first-order valence-electron chi connectivity index (χ1n) is 4.14. The highest BCUT2D eigenvalue weighted by Crippen LogP contribution is 2.39. The summed E-state index contributed by atoms with van der Waals surface area (Å²) in [7, 11) is 0. The maximum Gasteiger partial charge on any atom is 0.391 e. The van der Waals surface area contributed by atoms with Gasteiger partial charge in [0, 0.05) is 0 Å². The monoisotopic (exact) mass is 192 g/mol. The summed E-state index contributed by atoms with van der Waals surface area (Å²) in [6, 6.07) is 1.86. The van der Waals surface area contributed by atoms with Crippen LogP contribution in [0.3, 0.4) is 0 Å². The number of rotatable bonds is 0. The fourth-order valence-corrected chi connectivity index (χ4v) is 1.57. The van der Waals surface area contributed by atoms with Crippen LogP contribution >= 0.6 is 0 Å². The number of hydrogen-bond donors (Lipinski definition) is 1. The number of hydrogen-bond acceptors (Lipinski definition) is 2. The Morgan fingerprint density at radius 2 is 1.77 bits per heavy atom. The van der Waals surface area contributed by atoms with Crippen molar-refractivity contribution in [1.82, 2.24) is 0 Å². The van der Waals surface area contributed by atoms with Gasteiger partial charge in [-0.1, -0.05) is 0 Å². The first-order chi connectivity index (χ1) is 5.87. The molecule has 1 rings (SSSR count). The Balaban J connectivity index is 2.54. The van der Waals surface area contributed by atoms with E-state index in [9.17, 15) is 13.2 Å². The van der Waals surface area contributed by atoms with Crippen molar-refractivity contribution in [2.75, 3.05) is 0 Å². The lowest BCUT2D eigenvalue weighted by Gasteiger charge is -2.32. The zero-order valence-electron chi connectivity index (χ0n) is 7.06. The largest absolute Gasteiger partial charge is 0.391 e. The van der Waals surface area contributed by atoms with Gasteiger partial charge in [0.1, 0.15) is 5.54 Å². The van der Waals surface area contributed by atoms with Crippen LogP contribution in [-0.4, -0.2) is 11.7 Å². The first-order valence-corrected chi connectivity index (χ1v) is 4.14. The third-order valence-electron chi connectivity index (χ3n) is 2.56. The summed E-state index contributed by atoms with van der Waals surface area (Å²) in [5, 5.41) is 8.58. The normalized spacial score (nSPS) is 35.5. The molecule has 0 amide bonds. The van der Waals surface area contributed by atoms with Crippen LogP contribution in [0.5, 0.6) is 0 Å². The molecule has 0 heterocycles. The molecule has 0 aliphatic heterocycles. The van der Waals surface area contributed by atoms with Gasteiger partial charge in [-0.05, 0) is 25.7 Å². The average molecular weight is 192 g/mol. The van der Waals surface area contributed by atoms with Crippen LogP contribution in [0.2, 0.25) is 0 Å². The highest BCUT2D eigenvalue weighted by atomic mass is 19.4. The summed E-state index contributed by atoms with van der Waals surface area (Å²) < 4.78 is 36.5. The van der Waals surface area contributed by atoms with Crippen LogP contribution in [-0.2, 0) is 0 Å². The van der Waals surface area contributed by atoms with E-state index < -0.39 is 17.6 Å². The van der Waals surface area contributed by atoms with E-state index in [1.165, 1.54) is 0 Å². The lowest BCUT2D eigenvalue weighted by molar-refractivity contribution is -0.183. The van der Waals surface area contributed by atoms with Gasteiger partial charge in [0.2, 0.25) is 0 Å². The molecule has 2 nitrogen and oxygen atoms in total. The Morgan fingerprint density at radius 1 is 1.31 bits per heavy atom. The smallest absolute Gasteiger partial charge is 0.313 e. The van der Waals surface area contributed by atoms with Gasteiger partial charge in [0.15, 0.2) is 0 Å². The van der Waals surface area contributed by atoms with Crippen LogP contribution in [0.1, 0.15) is 25.7 Å². The maximum absolute atomic E-state index is 12.2. The molecule has 1 fully saturated rings. The number of alkyl halides is 3. The van der Waals surface area contributed by atoms with Crippen molar-refractivity contribution in [3.05, 3.63) is 0 Å². The van der Waals surface area contributed by atoms with Gasteiger partial charge in [0.25, 0.3) is 0 Å². The predicted octanol–water partition coefficient (Wildman–Crippen LogP) is 1.96. The van der Waals surface area contributed by atoms with E-state index in [0.717, 1.165) is 0 Å². The Morgan fingerprint density at radius 3 is 2.08 bits per heavy atom. The van der Waals surface area contributed by atoms with Gasteiger partial charge >= 0.3 is 6.18 Å². The molecular formula is C8H11F3N2. The molecule has 0 aromatic carbocycles. The quantitative estimate of drug-likeness (QED) is 0.637. The van der Waals surface area contributed by atoms with Crippen molar-refractivity contribution in [1.29, 1.82) is 5.26 Å². The maximum atomic E-state index is 12.2. The standard InChI is InChI=1S/C8H11F3N2/c9-8(10,11)6-1-3-7(13,5-12)4-2-6/h6H,1-4,13H2. The highest BCUT2D eigenvalue weighted by molar-refractivity contribution is 5.07. The molecule has 74 valence electrons. The molecular weight excluding hydrogens is 181 g/mol. The number of halogens is 3. The van der Waals surface area contributed by atoms with Gasteiger partial charge in [-0.3, -0.25) is 0 Å². The molecule has 0 atom stereocenters. The zero-order chi connectivity index (χ0) is 10.1. The number of nitrogens with zero attached hydrogens (tertiary/aromatic N) is 1. The van der Waals surface area contributed by atoms with Crippen molar-refractivity contribution in [3.8, 4) is 6.07 Å². The van der Waals surface area contributed by atoms with Crippen molar-refractivity contribution in [2.45, 2.75) is 37.4 Å². The SMILES string of the molecule is N#CC1(N)CCC(C(F)(F)F)CC1. The zero-order valence-corrected chi connectivity index (χ0v) is 7.06. The van der Waals surface area contributed by atoms with Crippen molar-refractivity contribution < 1.29 is 13.2 Å². The minimum absolute atomic E-state index is 0.0203. The molecule has 1 saturated carbocycles. The van der Waals surface area contributed by atoms with Crippen LogP contribution in [0, 0.1) is 17.2 Å².